The molecule has 190 valence electrons. The molecule has 10 heteroatoms. The minimum absolute atomic E-state index is 0.208. The minimum Gasteiger partial charge on any atom is -0.457 e. The molecule has 2 aromatic carbocycles. The third kappa shape index (κ3) is 3.69. The number of primary amides is 1. The number of hydrogen-bond donors (Lipinski definition) is 1. The van der Waals surface area contributed by atoms with E-state index in [0.29, 0.717) is 51.9 Å². The standard InChI is InChI=1S/C28H23N5O4S/c1-3-22(34)31-14-17(15-31)32-24-23-21(11-12-30-27(23)38-25(24)26(29)35)33(28(32)36)20-10-9-19(13-16(20)2)37-18-7-5-4-6-8-18/h3-13,17H,1,14-15H2,2H3,(H2,29,35). The molecule has 0 atom stereocenters. The molecule has 1 fully saturated rings. The van der Waals surface area contributed by atoms with E-state index in [1.807, 2.05) is 55.5 Å². The van der Waals surface area contributed by atoms with Crippen molar-refractivity contribution in [1.82, 2.24) is 9.88 Å². The summed E-state index contributed by atoms with van der Waals surface area (Å²) >= 11 is 1.16. The molecule has 2 aliphatic rings. The Morgan fingerprint density at radius 1 is 1.11 bits per heavy atom. The summed E-state index contributed by atoms with van der Waals surface area (Å²) in [4.78, 5) is 49.0. The van der Waals surface area contributed by atoms with E-state index in [-0.39, 0.29) is 22.9 Å². The van der Waals surface area contributed by atoms with Crippen LogP contribution >= 0.6 is 11.3 Å². The van der Waals surface area contributed by atoms with Crippen LogP contribution in [0.25, 0.3) is 10.2 Å². The molecule has 4 amide bonds. The number of pyridine rings is 1. The first-order valence-corrected chi connectivity index (χ1v) is 12.8. The number of ether oxygens (including phenoxy) is 1. The second-order valence-electron chi connectivity index (χ2n) is 9.11. The topological polar surface area (TPSA) is 109 Å². The summed E-state index contributed by atoms with van der Waals surface area (Å²) in [6, 6.07) is 16.1. The van der Waals surface area contributed by atoms with Crippen molar-refractivity contribution >= 4 is 56.5 Å². The number of benzene rings is 2. The second-order valence-corrected chi connectivity index (χ2v) is 10.1. The lowest BCUT2D eigenvalue weighted by atomic mass is 10.0. The minimum atomic E-state index is -0.628. The van der Waals surface area contributed by atoms with E-state index < -0.39 is 5.91 Å². The Hall–Kier alpha value is -4.70. The monoisotopic (exact) mass is 525 g/mol. The van der Waals surface area contributed by atoms with Gasteiger partial charge in [-0.05, 0) is 55.0 Å². The first kappa shape index (κ1) is 23.7. The number of nitrogens with zero attached hydrogens (tertiary/aromatic N) is 4. The molecule has 0 saturated carbocycles. The van der Waals surface area contributed by atoms with Crippen LogP contribution in [-0.4, -0.2) is 46.9 Å². The molecule has 4 aromatic rings. The average Bonchev–Trinajstić information content (AvgIpc) is 3.27. The van der Waals surface area contributed by atoms with E-state index in [1.165, 1.54) is 6.08 Å². The number of para-hydroxylation sites is 1. The molecule has 0 unspecified atom stereocenters. The van der Waals surface area contributed by atoms with Crippen molar-refractivity contribution in [2.45, 2.75) is 13.0 Å². The number of urea groups is 1. The summed E-state index contributed by atoms with van der Waals surface area (Å²) in [6.45, 7) is 6.09. The van der Waals surface area contributed by atoms with Crippen molar-refractivity contribution in [3.05, 3.63) is 83.9 Å². The molecule has 6 rings (SSSR count). The summed E-state index contributed by atoms with van der Waals surface area (Å²) < 4.78 is 5.98. The van der Waals surface area contributed by atoms with Crippen molar-refractivity contribution < 1.29 is 19.1 Å². The van der Waals surface area contributed by atoms with Gasteiger partial charge in [0.15, 0.2) is 0 Å². The first-order valence-electron chi connectivity index (χ1n) is 12.0. The van der Waals surface area contributed by atoms with Crippen LogP contribution in [-0.2, 0) is 4.79 Å². The first-order chi connectivity index (χ1) is 18.4. The normalized spacial score (nSPS) is 15.0. The lowest BCUT2D eigenvalue weighted by molar-refractivity contribution is -0.130. The fourth-order valence-corrected chi connectivity index (χ4v) is 5.96. The van der Waals surface area contributed by atoms with Gasteiger partial charge >= 0.3 is 6.03 Å². The summed E-state index contributed by atoms with van der Waals surface area (Å²) in [5.41, 5.74) is 8.31. The Morgan fingerprint density at radius 3 is 2.55 bits per heavy atom. The fourth-order valence-electron chi connectivity index (χ4n) is 4.95. The zero-order chi connectivity index (χ0) is 26.6. The van der Waals surface area contributed by atoms with Crippen molar-refractivity contribution in [3.8, 4) is 11.5 Å². The molecule has 2 N–H and O–H groups in total. The van der Waals surface area contributed by atoms with Crippen LogP contribution in [0.2, 0.25) is 0 Å². The Morgan fingerprint density at radius 2 is 1.87 bits per heavy atom. The van der Waals surface area contributed by atoms with Crippen molar-refractivity contribution in [2.24, 2.45) is 5.73 Å². The molecule has 0 aliphatic carbocycles. The van der Waals surface area contributed by atoms with Gasteiger partial charge in [0.25, 0.3) is 5.91 Å². The van der Waals surface area contributed by atoms with Gasteiger partial charge in [0.1, 0.15) is 21.2 Å². The number of thiophene rings is 1. The largest absolute Gasteiger partial charge is 0.457 e. The van der Waals surface area contributed by atoms with Gasteiger partial charge in [-0.3, -0.25) is 19.4 Å². The highest BCUT2D eigenvalue weighted by atomic mass is 32.1. The lowest BCUT2D eigenvalue weighted by Crippen LogP contribution is -2.64. The highest BCUT2D eigenvalue weighted by Gasteiger charge is 2.45. The van der Waals surface area contributed by atoms with Crippen molar-refractivity contribution in [3.63, 3.8) is 0 Å². The van der Waals surface area contributed by atoms with Gasteiger partial charge in [-0.25, -0.2) is 9.78 Å². The number of nitrogens with two attached hydrogens (primary N) is 1. The van der Waals surface area contributed by atoms with Gasteiger partial charge < -0.3 is 15.4 Å². The van der Waals surface area contributed by atoms with Crippen molar-refractivity contribution in [2.75, 3.05) is 22.9 Å². The van der Waals surface area contributed by atoms with E-state index in [9.17, 15) is 14.4 Å². The molecule has 9 nitrogen and oxygen atoms in total. The highest BCUT2D eigenvalue weighted by Crippen LogP contribution is 2.50. The van der Waals surface area contributed by atoms with E-state index in [4.69, 9.17) is 10.5 Å². The van der Waals surface area contributed by atoms with Gasteiger partial charge in [-0.15, -0.1) is 11.3 Å². The Balaban J connectivity index is 1.45. The Labute approximate surface area is 222 Å². The molecule has 0 spiro atoms. The quantitative estimate of drug-likeness (QED) is 0.358. The van der Waals surface area contributed by atoms with Gasteiger partial charge in [-0.1, -0.05) is 24.8 Å². The second kappa shape index (κ2) is 9.00. The predicted octanol–water partition coefficient (Wildman–Crippen LogP) is 4.97. The van der Waals surface area contributed by atoms with E-state index >= 15 is 0 Å². The number of rotatable bonds is 6. The molecule has 0 bridgehead atoms. The van der Waals surface area contributed by atoms with E-state index in [0.717, 1.165) is 16.9 Å². The van der Waals surface area contributed by atoms with Crippen LogP contribution in [0.5, 0.6) is 11.5 Å². The number of anilines is 3. The third-order valence-corrected chi connectivity index (χ3v) is 7.85. The van der Waals surface area contributed by atoms with Crippen LogP contribution in [0, 0.1) is 6.92 Å². The van der Waals surface area contributed by atoms with E-state index in [1.54, 1.807) is 27.0 Å². The summed E-state index contributed by atoms with van der Waals surface area (Å²) in [7, 11) is 0. The maximum atomic E-state index is 14.2. The SMILES string of the molecule is C=CC(=O)N1CC(N2C(=O)N(c3ccc(Oc4ccccc4)cc3C)c3ccnc4sc(C(N)=O)c2c34)C1. The van der Waals surface area contributed by atoms with Gasteiger partial charge in [0, 0.05) is 19.3 Å². The fraction of sp³-hybridized carbons (Fsp3) is 0.143. The molecular weight excluding hydrogens is 502 g/mol. The number of aromatic nitrogens is 1. The number of aryl methyl sites for hydroxylation is 1. The van der Waals surface area contributed by atoms with Crippen LogP contribution in [0.3, 0.4) is 0 Å². The summed E-state index contributed by atoms with van der Waals surface area (Å²) in [5.74, 6) is 0.516. The molecule has 4 heterocycles. The maximum Gasteiger partial charge on any atom is 0.334 e. The molecule has 2 aliphatic heterocycles. The van der Waals surface area contributed by atoms with Gasteiger partial charge in [-0.2, -0.15) is 0 Å². The number of amides is 4. The summed E-state index contributed by atoms with van der Waals surface area (Å²) in [5, 5.41) is 0.684. The van der Waals surface area contributed by atoms with Gasteiger partial charge in [0.2, 0.25) is 5.91 Å². The molecule has 2 aromatic heterocycles. The predicted molar refractivity (Wildman–Crippen MR) is 146 cm³/mol. The van der Waals surface area contributed by atoms with Gasteiger partial charge in [0.05, 0.1) is 28.5 Å². The maximum absolute atomic E-state index is 14.2. The number of likely N-dealkylation sites (tertiary alicyclic amines) is 1. The molecule has 1 saturated heterocycles. The molecule has 0 radical (unpaired) electrons. The number of carbonyl (C=O) groups is 3. The van der Waals surface area contributed by atoms with Crippen LogP contribution in [0.1, 0.15) is 15.2 Å². The number of carbonyl (C=O) groups excluding carboxylic acids is 3. The molecular formula is C28H23N5O4S. The summed E-state index contributed by atoms with van der Waals surface area (Å²) in [6.07, 6.45) is 2.87. The Kier molecular flexibility index (Phi) is 5.61. The third-order valence-electron chi connectivity index (χ3n) is 6.75. The zero-order valence-corrected chi connectivity index (χ0v) is 21.3. The van der Waals surface area contributed by atoms with Crippen LogP contribution in [0.4, 0.5) is 21.9 Å². The smallest absolute Gasteiger partial charge is 0.334 e. The number of hydrogen-bond acceptors (Lipinski definition) is 6. The average molecular weight is 526 g/mol. The Bertz CT molecular complexity index is 1630. The van der Waals surface area contributed by atoms with Crippen molar-refractivity contribution in [1.29, 1.82) is 0 Å². The van der Waals surface area contributed by atoms with Crippen LogP contribution < -0.4 is 20.3 Å². The van der Waals surface area contributed by atoms with Crippen LogP contribution in [0.15, 0.2) is 73.4 Å². The molecule has 38 heavy (non-hydrogen) atoms. The van der Waals surface area contributed by atoms with E-state index in [2.05, 4.69) is 11.6 Å². The zero-order valence-electron chi connectivity index (χ0n) is 20.5. The lowest BCUT2D eigenvalue weighted by Gasteiger charge is -2.47. The highest BCUT2D eigenvalue weighted by molar-refractivity contribution is 7.21.